The second-order valence-electron chi connectivity index (χ2n) is 3.56. The number of thiocarbonyl (C=S) groups is 1. The lowest BCUT2D eigenvalue weighted by molar-refractivity contribution is -0.121. The van der Waals surface area contributed by atoms with Gasteiger partial charge in [-0.2, -0.15) is 0 Å². The van der Waals surface area contributed by atoms with Gasteiger partial charge in [0, 0.05) is 6.42 Å². The molecule has 3 N–H and O–H groups in total. The van der Waals surface area contributed by atoms with Crippen LogP contribution in [0, 0.1) is 0 Å². The minimum Gasteiger partial charge on any atom is -0.391 e. The zero-order valence-electron chi connectivity index (χ0n) is 7.93. The van der Waals surface area contributed by atoms with E-state index in [9.17, 15) is 4.79 Å². The van der Waals surface area contributed by atoms with Crippen molar-refractivity contribution in [2.24, 2.45) is 5.73 Å². The molecule has 1 saturated carbocycles. The van der Waals surface area contributed by atoms with Crippen LogP contribution in [0.5, 0.6) is 0 Å². The number of nitrogens with two attached hydrogens (primary N) is 1. The normalized spacial score (nSPS) is 19.8. The Morgan fingerprint density at radius 2 is 2.08 bits per heavy atom. The molecule has 0 aliphatic heterocycles. The molecule has 0 unspecified atom stereocenters. The summed E-state index contributed by atoms with van der Waals surface area (Å²) < 4.78 is 0. The number of nitrogens with one attached hydrogen (secondary N) is 1. The van der Waals surface area contributed by atoms with Gasteiger partial charge < -0.3 is 11.1 Å². The van der Waals surface area contributed by atoms with E-state index >= 15 is 0 Å². The standard InChI is InChI=1S/C9H16N2OS/c1-2-7(12)11-9(8(10)13)5-3-4-6-9/h2-6H2,1H3,(H2,10,13)(H,11,12). The number of hydrogen-bond donors (Lipinski definition) is 2. The molecular weight excluding hydrogens is 184 g/mol. The lowest BCUT2D eigenvalue weighted by Crippen LogP contribution is -2.54. The Hall–Kier alpha value is -0.640. The minimum absolute atomic E-state index is 0.0368. The summed E-state index contributed by atoms with van der Waals surface area (Å²) in [6, 6.07) is 0. The predicted octanol–water partition coefficient (Wildman–Crippen LogP) is 1.11. The molecule has 1 fully saturated rings. The SMILES string of the molecule is CCC(=O)NC1(C(N)=S)CCCC1. The van der Waals surface area contributed by atoms with Crippen molar-refractivity contribution in [3.8, 4) is 0 Å². The Labute approximate surface area is 84.1 Å². The van der Waals surface area contributed by atoms with E-state index in [0.29, 0.717) is 11.4 Å². The Morgan fingerprint density at radius 3 is 2.46 bits per heavy atom. The van der Waals surface area contributed by atoms with Gasteiger partial charge >= 0.3 is 0 Å². The highest BCUT2D eigenvalue weighted by Crippen LogP contribution is 2.29. The fourth-order valence-corrected chi connectivity index (χ4v) is 2.02. The van der Waals surface area contributed by atoms with Crippen molar-refractivity contribution in [3.05, 3.63) is 0 Å². The fourth-order valence-electron chi connectivity index (χ4n) is 1.77. The van der Waals surface area contributed by atoms with Crippen LogP contribution in [-0.2, 0) is 4.79 Å². The van der Waals surface area contributed by atoms with Gasteiger partial charge in [-0.25, -0.2) is 0 Å². The second kappa shape index (κ2) is 4.05. The van der Waals surface area contributed by atoms with Crippen LogP contribution in [0.2, 0.25) is 0 Å². The van der Waals surface area contributed by atoms with Gasteiger partial charge in [0.25, 0.3) is 0 Å². The van der Waals surface area contributed by atoms with Gasteiger partial charge in [-0.05, 0) is 12.8 Å². The summed E-state index contributed by atoms with van der Waals surface area (Å²) in [5.41, 5.74) is 5.28. The number of carbonyl (C=O) groups is 1. The second-order valence-corrected chi connectivity index (χ2v) is 4.00. The van der Waals surface area contributed by atoms with Gasteiger partial charge in [0.05, 0.1) is 10.5 Å². The largest absolute Gasteiger partial charge is 0.391 e. The van der Waals surface area contributed by atoms with Crippen molar-refractivity contribution in [2.75, 3.05) is 0 Å². The third kappa shape index (κ3) is 2.18. The van der Waals surface area contributed by atoms with Crippen LogP contribution in [0.4, 0.5) is 0 Å². The number of carbonyl (C=O) groups excluding carboxylic acids is 1. The maximum atomic E-state index is 11.3. The van der Waals surface area contributed by atoms with Gasteiger partial charge in [-0.3, -0.25) is 4.79 Å². The molecule has 0 bridgehead atoms. The molecule has 1 amide bonds. The van der Waals surface area contributed by atoms with Crippen LogP contribution in [0.15, 0.2) is 0 Å². The third-order valence-electron chi connectivity index (χ3n) is 2.63. The molecule has 0 radical (unpaired) electrons. The van der Waals surface area contributed by atoms with Crippen molar-refractivity contribution in [1.82, 2.24) is 5.32 Å². The van der Waals surface area contributed by atoms with Crippen molar-refractivity contribution >= 4 is 23.1 Å². The summed E-state index contributed by atoms with van der Waals surface area (Å²) in [4.78, 5) is 11.7. The first-order valence-corrected chi connectivity index (χ1v) is 5.12. The molecule has 0 saturated heterocycles. The summed E-state index contributed by atoms with van der Waals surface area (Å²) in [5, 5.41) is 2.94. The summed E-state index contributed by atoms with van der Waals surface area (Å²) in [6.07, 6.45) is 4.48. The quantitative estimate of drug-likeness (QED) is 0.671. The molecule has 3 nitrogen and oxygen atoms in total. The summed E-state index contributed by atoms with van der Waals surface area (Å²) in [5.74, 6) is 0.0368. The van der Waals surface area contributed by atoms with E-state index in [1.54, 1.807) is 0 Å². The Kier molecular flexibility index (Phi) is 3.25. The highest BCUT2D eigenvalue weighted by Gasteiger charge is 2.37. The van der Waals surface area contributed by atoms with Crippen molar-refractivity contribution in [3.63, 3.8) is 0 Å². The smallest absolute Gasteiger partial charge is 0.220 e. The average molecular weight is 200 g/mol. The topological polar surface area (TPSA) is 55.1 Å². The van der Waals surface area contributed by atoms with E-state index in [1.807, 2.05) is 6.92 Å². The van der Waals surface area contributed by atoms with E-state index < -0.39 is 0 Å². The molecule has 0 aromatic carbocycles. The van der Waals surface area contributed by atoms with Crippen LogP contribution < -0.4 is 11.1 Å². The molecule has 1 rings (SSSR count). The highest BCUT2D eigenvalue weighted by molar-refractivity contribution is 7.80. The average Bonchev–Trinajstić information content (AvgIpc) is 2.54. The van der Waals surface area contributed by atoms with Crippen molar-refractivity contribution < 1.29 is 4.79 Å². The molecule has 0 aromatic heterocycles. The Morgan fingerprint density at radius 1 is 1.54 bits per heavy atom. The molecule has 0 spiro atoms. The molecule has 13 heavy (non-hydrogen) atoms. The number of hydrogen-bond acceptors (Lipinski definition) is 2. The van der Waals surface area contributed by atoms with Crippen LogP contribution in [0.1, 0.15) is 39.0 Å². The summed E-state index contributed by atoms with van der Waals surface area (Å²) in [6.45, 7) is 1.83. The van der Waals surface area contributed by atoms with Gasteiger partial charge in [0.2, 0.25) is 5.91 Å². The zero-order chi connectivity index (χ0) is 9.90. The summed E-state index contributed by atoms with van der Waals surface area (Å²) in [7, 11) is 0. The molecule has 1 aliphatic rings. The molecule has 0 aromatic rings. The maximum absolute atomic E-state index is 11.3. The van der Waals surface area contributed by atoms with E-state index in [0.717, 1.165) is 25.7 Å². The first-order chi connectivity index (χ1) is 6.10. The molecule has 1 aliphatic carbocycles. The van der Waals surface area contributed by atoms with Gasteiger partial charge in [0.15, 0.2) is 0 Å². The van der Waals surface area contributed by atoms with Gasteiger partial charge in [-0.15, -0.1) is 0 Å². The van der Waals surface area contributed by atoms with Gasteiger partial charge in [-0.1, -0.05) is 32.0 Å². The third-order valence-corrected chi connectivity index (χ3v) is 3.02. The maximum Gasteiger partial charge on any atom is 0.220 e. The number of rotatable bonds is 3. The van der Waals surface area contributed by atoms with Crippen molar-refractivity contribution in [1.29, 1.82) is 0 Å². The monoisotopic (exact) mass is 200 g/mol. The first kappa shape index (κ1) is 10.4. The summed E-state index contributed by atoms with van der Waals surface area (Å²) >= 11 is 5.00. The van der Waals surface area contributed by atoms with E-state index in [4.69, 9.17) is 18.0 Å². The van der Waals surface area contributed by atoms with Gasteiger partial charge in [0.1, 0.15) is 0 Å². The van der Waals surface area contributed by atoms with E-state index in [1.165, 1.54) is 0 Å². The van der Waals surface area contributed by atoms with E-state index in [2.05, 4.69) is 5.32 Å². The Balaban J connectivity index is 2.68. The molecule has 74 valence electrons. The fraction of sp³-hybridized carbons (Fsp3) is 0.778. The molecular formula is C9H16N2OS. The lowest BCUT2D eigenvalue weighted by atomic mass is 9.97. The minimum atomic E-state index is -0.373. The number of amides is 1. The van der Waals surface area contributed by atoms with Crippen LogP contribution in [0.25, 0.3) is 0 Å². The highest BCUT2D eigenvalue weighted by atomic mass is 32.1. The first-order valence-electron chi connectivity index (χ1n) is 4.71. The van der Waals surface area contributed by atoms with Crippen LogP contribution in [0.3, 0.4) is 0 Å². The zero-order valence-corrected chi connectivity index (χ0v) is 8.75. The molecule has 0 heterocycles. The predicted molar refractivity (Wildman–Crippen MR) is 56.4 cm³/mol. The molecule has 4 heteroatoms. The van der Waals surface area contributed by atoms with Crippen LogP contribution in [-0.4, -0.2) is 16.4 Å². The molecule has 0 atom stereocenters. The lowest BCUT2D eigenvalue weighted by Gasteiger charge is -2.28. The van der Waals surface area contributed by atoms with Crippen molar-refractivity contribution in [2.45, 2.75) is 44.6 Å². The van der Waals surface area contributed by atoms with Crippen LogP contribution >= 0.6 is 12.2 Å². The van der Waals surface area contributed by atoms with E-state index in [-0.39, 0.29) is 11.4 Å². The Bertz CT molecular complexity index is 222.